The molecule has 1 rings (SSSR count). The van der Waals surface area contributed by atoms with Crippen LogP contribution in [0.5, 0.6) is 0 Å². The second-order valence-corrected chi connectivity index (χ2v) is 3.22. The largest absolute Gasteiger partial charge is 0.327 e. The summed E-state index contributed by atoms with van der Waals surface area (Å²) in [7, 11) is 0. The lowest BCUT2D eigenvalue weighted by Gasteiger charge is -2.37. The van der Waals surface area contributed by atoms with E-state index in [9.17, 15) is 5.21 Å². The second-order valence-electron chi connectivity index (χ2n) is 3.22. The zero-order chi connectivity index (χ0) is 7.72. The molecule has 3 nitrogen and oxygen atoms in total. The number of rotatable bonds is 0. The smallest absolute Gasteiger partial charge is 0.0362 e. The molecule has 1 heterocycles. The maximum Gasteiger partial charge on any atom is 0.0362 e. The lowest BCUT2D eigenvalue weighted by atomic mass is 9.89. The van der Waals surface area contributed by atoms with Crippen molar-refractivity contribution >= 4 is 0 Å². The molecule has 3 atom stereocenters. The minimum Gasteiger partial charge on any atom is -0.327 e. The molecule has 0 saturated carbocycles. The molecule has 10 heavy (non-hydrogen) atoms. The third kappa shape index (κ3) is 1.31. The normalized spacial score (nSPS) is 43.8. The highest BCUT2D eigenvalue weighted by Crippen LogP contribution is 2.19. The Morgan fingerprint density at radius 1 is 1.50 bits per heavy atom. The zero-order valence-electron chi connectivity index (χ0n) is 6.62. The van der Waals surface area contributed by atoms with Gasteiger partial charge in [-0.15, -0.1) is 0 Å². The van der Waals surface area contributed by atoms with Crippen molar-refractivity contribution in [1.82, 2.24) is 5.06 Å². The Morgan fingerprint density at radius 3 is 2.60 bits per heavy atom. The molecule has 3 unspecified atom stereocenters. The van der Waals surface area contributed by atoms with E-state index < -0.39 is 0 Å². The quantitative estimate of drug-likeness (QED) is 0.518. The fourth-order valence-corrected chi connectivity index (χ4v) is 1.38. The van der Waals surface area contributed by atoms with Crippen molar-refractivity contribution in [2.45, 2.75) is 32.4 Å². The zero-order valence-corrected chi connectivity index (χ0v) is 6.62. The van der Waals surface area contributed by atoms with Crippen LogP contribution in [0.15, 0.2) is 0 Å². The first-order valence-corrected chi connectivity index (χ1v) is 3.84. The van der Waals surface area contributed by atoms with E-state index in [2.05, 4.69) is 6.92 Å². The number of hydrogen-bond donors (Lipinski definition) is 2. The minimum absolute atomic E-state index is 0.212. The van der Waals surface area contributed by atoms with Gasteiger partial charge in [-0.2, -0.15) is 5.06 Å². The van der Waals surface area contributed by atoms with Gasteiger partial charge >= 0.3 is 0 Å². The van der Waals surface area contributed by atoms with Gasteiger partial charge in [0.05, 0.1) is 0 Å². The van der Waals surface area contributed by atoms with Crippen LogP contribution in [0.2, 0.25) is 0 Å². The molecule has 1 fully saturated rings. The molecule has 0 aromatic rings. The number of nitrogens with two attached hydrogens (primary N) is 1. The van der Waals surface area contributed by atoms with Crippen LogP contribution in [-0.2, 0) is 0 Å². The Balaban J connectivity index is 2.52. The predicted octanol–water partition coefficient (Wildman–Crippen LogP) is 0.433. The van der Waals surface area contributed by atoms with Gasteiger partial charge < -0.3 is 10.9 Å². The summed E-state index contributed by atoms with van der Waals surface area (Å²) >= 11 is 0. The lowest BCUT2D eigenvalue weighted by Crippen LogP contribution is -2.50. The van der Waals surface area contributed by atoms with Crippen LogP contribution in [0.1, 0.15) is 20.3 Å². The van der Waals surface area contributed by atoms with Gasteiger partial charge in [0.25, 0.3) is 0 Å². The van der Waals surface area contributed by atoms with Crippen LogP contribution < -0.4 is 5.73 Å². The minimum atomic E-state index is 0.212. The summed E-state index contributed by atoms with van der Waals surface area (Å²) < 4.78 is 0. The molecule has 1 aliphatic heterocycles. The third-order valence-electron chi connectivity index (χ3n) is 2.60. The van der Waals surface area contributed by atoms with Gasteiger partial charge in [-0.05, 0) is 19.3 Å². The van der Waals surface area contributed by atoms with Crippen molar-refractivity contribution in [1.29, 1.82) is 0 Å². The number of piperidine rings is 1. The molecule has 0 bridgehead atoms. The fourth-order valence-electron chi connectivity index (χ4n) is 1.38. The van der Waals surface area contributed by atoms with E-state index in [0.717, 1.165) is 6.42 Å². The number of hydroxylamine groups is 2. The van der Waals surface area contributed by atoms with Crippen LogP contribution in [0, 0.1) is 5.92 Å². The summed E-state index contributed by atoms with van der Waals surface area (Å²) in [5.41, 5.74) is 5.79. The van der Waals surface area contributed by atoms with E-state index in [0.29, 0.717) is 12.5 Å². The first kappa shape index (κ1) is 7.98. The highest BCUT2D eigenvalue weighted by Gasteiger charge is 2.28. The Morgan fingerprint density at radius 2 is 2.10 bits per heavy atom. The SMILES string of the molecule is CC1C(N)CCN(O)C1C. The van der Waals surface area contributed by atoms with Crippen LogP contribution in [0.4, 0.5) is 0 Å². The van der Waals surface area contributed by atoms with E-state index in [4.69, 9.17) is 5.73 Å². The summed E-state index contributed by atoms with van der Waals surface area (Å²) in [5.74, 6) is 0.402. The molecule has 0 aliphatic carbocycles. The average molecular weight is 144 g/mol. The van der Waals surface area contributed by atoms with E-state index >= 15 is 0 Å². The summed E-state index contributed by atoms with van der Waals surface area (Å²) in [4.78, 5) is 0. The molecule has 0 radical (unpaired) electrons. The molecule has 60 valence electrons. The second kappa shape index (κ2) is 2.86. The van der Waals surface area contributed by atoms with Gasteiger partial charge in [-0.1, -0.05) is 6.92 Å². The Hall–Kier alpha value is -0.120. The highest BCUT2D eigenvalue weighted by atomic mass is 16.5. The maximum absolute atomic E-state index is 9.24. The van der Waals surface area contributed by atoms with E-state index in [1.807, 2.05) is 6.92 Å². The average Bonchev–Trinajstić information content (AvgIpc) is 1.93. The van der Waals surface area contributed by atoms with Crippen LogP contribution in [0.3, 0.4) is 0 Å². The van der Waals surface area contributed by atoms with Crippen LogP contribution in [-0.4, -0.2) is 28.9 Å². The van der Waals surface area contributed by atoms with Gasteiger partial charge in [0, 0.05) is 18.6 Å². The number of hydrogen-bond acceptors (Lipinski definition) is 3. The monoisotopic (exact) mass is 144 g/mol. The predicted molar refractivity (Wildman–Crippen MR) is 39.7 cm³/mol. The Labute approximate surface area is 61.8 Å². The molecule has 1 saturated heterocycles. The molecule has 1 aliphatic rings. The summed E-state index contributed by atoms with van der Waals surface area (Å²) in [6.45, 7) is 4.80. The van der Waals surface area contributed by atoms with Crippen LogP contribution >= 0.6 is 0 Å². The van der Waals surface area contributed by atoms with Gasteiger partial charge in [-0.3, -0.25) is 0 Å². The number of nitrogens with zero attached hydrogens (tertiary/aromatic N) is 1. The molecular weight excluding hydrogens is 128 g/mol. The molecule has 0 aromatic heterocycles. The first-order valence-electron chi connectivity index (χ1n) is 3.84. The summed E-state index contributed by atoms with van der Waals surface area (Å²) in [5, 5.41) is 10.6. The van der Waals surface area contributed by atoms with Crippen molar-refractivity contribution in [2.24, 2.45) is 11.7 Å². The van der Waals surface area contributed by atoms with Crippen LogP contribution in [0.25, 0.3) is 0 Å². The van der Waals surface area contributed by atoms with Crippen molar-refractivity contribution in [3.63, 3.8) is 0 Å². The van der Waals surface area contributed by atoms with Crippen molar-refractivity contribution in [3.8, 4) is 0 Å². The summed E-state index contributed by atoms with van der Waals surface area (Å²) in [6, 6.07) is 0.474. The Bertz CT molecular complexity index is 104. The van der Waals surface area contributed by atoms with Gasteiger partial charge in [0.2, 0.25) is 0 Å². The molecule has 0 aromatic carbocycles. The third-order valence-corrected chi connectivity index (χ3v) is 2.60. The molecular formula is C7H16N2O. The van der Waals surface area contributed by atoms with E-state index in [1.54, 1.807) is 0 Å². The molecule has 3 heteroatoms. The lowest BCUT2D eigenvalue weighted by molar-refractivity contribution is -0.154. The van der Waals surface area contributed by atoms with E-state index in [1.165, 1.54) is 5.06 Å². The van der Waals surface area contributed by atoms with Crippen molar-refractivity contribution in [3.05, 3.63) is 0 Å². The van der Waals surface area contributed by atoms with Gasteiger partial charge in [0.1, 0.15) is 0 Å². The summed E-state index contributed by atoms with van der Waals surface area (Å²) in [6.07, 6.45) is 0.905. The van der Waals surface area contributed by atoms with Gasteiger partial charge in [-0.25, -0.2) is 0 Å². The molecule has 0 spiro atoms. The van der Waals surface area contributed by atoms with Crippen molar-refractivity contribution < 1.29 is 5.21 Å². The maximum atomic E-state index is 9.24. The molecule has 3 N–H and O–H groups in total. The fraction of sp³-hybridized carbons (Fsp3) is 1.00. The first-order chi connectivity index (χ1) is 4.63. The molecule has 0 amide bonds. The highest BCUT2D eigenvalue weighted by molar-refractivity contribution is 4.82. The van der Waals surface area contributed by atoms with Crippen molar-refractivity contribution in [2.75, 3.05) is 6.54 Å². The van der Waals surface area contributed by atoms with E-state index in [-0.39, 0.29) is 12.1 Å². The standard InChI is InChI=1S/C7H16N2O/c1-5-6(2)9(10)4-3-7(5)8/h5-7,10H,3-4,8H2,1-2H3. The topological polar surface area (TPSA) is 49.5 Å². The van der Waals surface area contributed by atoms with Gasteiger partial charge in [0.15, 0.2) is 0 Å². The Kier molecular flexibility index (Phi) is 2.28.